The van der Waals surface area contributed by atoms with E-state index in [0.29, 0.717) is 21.6 Å². The summed E-state index contributed by atoms with van der Waals surface area (Å²) < 4.78 is 7.45. The molecule has 0 radical (unpaired) electrons. The molecule has 1 unspecified atom stereocenters. The van der Waals surface area contributed by atoms with Gasteiger partial charge in [-0.05, 0) is 67.5 Å². The highest BCUT2D eigenvalue weighted by molar-refractivity contribution is 6.35. The van der Waals surface area contributed by atoms with Gasteiger partial charge in [0.15, 0.2) is 5.82 Å². The van der Waals surface area contributed by atoms with Crippen LogP contribution in [0.15, 0.2) is 36.4 Å². The van der Waals surface area contributed by atoms with E-state index in [1.54, 1.807) is 17.9 Å². The zero-order valence-electron chi connectivity index (χ0n) is 16.5. The van der Waals surface area contributed by atoms with Crippen molar-refractivity contribution < 1.29 is 4.74 Å². The molecule has 1 aliphatic heterocycles. The molecular weight excluding hydrogens is 409 g/mol. The minimum atomic E-state index is -0.224. The second-order valence-electron chi connectivity index (χ2n) is 7.29. The van der Waals surface area contributed by atoms with Crippen molar-refractivity contribution in [2.45, 2.75) is 32.2 Å². The number of aryl methyl sites for hydroxylation is 1. The predicted molar refractivity (Wildman–Crippen MR) is 114 cm³/mol. The van der Waals surface area contributed by atoms with Gasteiger partial charge in [-0.1, -0.05) is 47.3 Å². The van der Waals surface area contributed by atoms with Crippen molar-refractivity contribution in [3.05, 3.63) is 63.4 Å². The summed E-state index contributed by atoms with van der Waals surface area (Å²) in [7, 11) is 1.62. The van der Waals surface area contributed by atoms with Gasteiger partial charge in [0.2, 0.25) is 0 Å². The van der Waals surface area contributed by atoms with E-state index in [9.17, 15) is 0 Å². The number of nitrogens with zero attached hydrogens (tertiary/aromatic N) is 5. The molecule has 0 amide bonds. The summed E-state index contributed by atoms with van der Waals surface area (Å²) >= 11 is 12.8. The van der Waals surface area contributed by atoms with E-state index >= 15 is 0 Å². The summed E-state index contributed by atoms with van der Waals surface area (Å²) in [5.41, 5.74) is 2.96. The monoisotopic (exact) mass is 431 g/mol. The molecule has 152 valence electrons. The second kappa shape index (κ2) is 8.69. The van der Waals surface area contributed by atoms with Crippen LogP contribution >= 0.6 is 23.2 Å². The van der Waals surface area contributed by atoms with Crippen LogP contribution in [0.4, 0.5) is 0 Å². The number of piperidine rings is 1. The lowest BCUT2D eigenvalue weighted by Crippen LogP contribution is -2.36. The van der Waals surface area contributed by atoms with Crippen LogP contribution in [0.1, 0.15) is 42.3 Å². The number of hydrogen-bond acceptors (Lipinski definition) is 5. The zero-order chi connectivity index (χ0) is 20.4. The maximum atomic E-state index is 6.47. The molecule has 1 saturated heterocycles. The minimum Gasteiger partial charge on any atom is -0.495 e. The molecule has 1 atom stereocenters. The van der Waals surface area contributed by atoms with Gasteiger partial charge in [0.05, 0.1) is 17.8 Å². The fraction of sp³-hybridized carbons (Fsp3) is 0.381. The van der Waals surface area contributed by atoms with Gasteiger partial charge in [-0.3, -0.25) is 4.90 Å². The van der Waals surface area contributed by atoms with Crippen LogP contribution in [0, 0.1) is 6.92 Å². The van der Waals surface area contributed by atoms with Crippen molar-refractivity contribution in [3.8, 4) is 11.4 Å². The number of ether oxygens (including phenoxy) is 1. The molecule has 3 aromatic rings. The Bertz CT molecular complexity index is 983. The van der Waals surface area contributed by atoms with E-state index in [2.05, 4.69) is 27.3 Å². The molecular formula is C21H23Cl2N5O. The normalized spacial score (nSPS) is 16.0. The van der Waals surface area contributed by atoms with E-state index in [1.165, 1.54) is 12.0 Å². The molecule has 0 spiro atoms. The Morgan fingerprint density at radius 3 is 2.45 bits per heavy atom. The highest BCUT2D eigenvalue weighted by Gasteiger charge is 2.32. The molecule has 0 aliphatic carbocycles. The van der Waals surface area contributed by atoms with Gasteiger partial charge in [-0.2, -0.15) is 4.68 Å². The van der Waals surface area contributed by atoms with Crippen LogP contribution in [0.5, 0.6) is 5.75 Å². The lowest BCUT2D eigenvalue weighted by atomic mass is 9.99. The fourth-order valence-electron chi connectivity index (χ4n) is 3.91. The third-order valence-electron chi connectivity index (χ3n) is 5.31. The van der Waals surface area contributed by atoms with E-state index in [1.807, 2.05) is 30.3 Å². The average molecular weight is 432 g/mol. The number of tetrazole rings is 1. The van der Waals surface area contributed by atoms with Crippen molar-refractivity contribution in [1.29, 1.82) is 0 Å². The minimum absolute atomic E-state index is 0.224. The fourth-order valence-corrected chi connectivity index (χ4v) is 4.50. The Kier molecular flexibility index (Phi) is 6.04. The van der Waals surface area contributed by atoms with E-state index in [4.69, 9.17) is 27.9 Å². The van der Waals surface area contributed by atoms with Crippen molar-refractivity contribution >= 4 is 23.2 Å². The van der Waals surface area contributed by atoms with Gasteiger partial charge < -0.3 is 4.74 Å². The molecule has 4 rings (SSSR count). The van der Waals surface area contributed by atoms with Crippen molar-refractivity contribution in [1.82, 2.24) is 25.1 Å². The predicted octanol–water partition coefficient (Wildman–Crippen LogP) is 4.86. The third kappa shape index (κ3) is 4.10. The van der Waals surface area contributed by atoms with Crippen LogP contribution in [-0.4, -0.2) is 45.3 Å². The molecule has 0 N–H and O–H groups in total. The Labute approximate surface area is 180 Å². The molecule has 2 heterocycles. The summed E-state index contributed by atoms with van der Waals surface area (Å²) in [6.07, 6.45) is 3.47. The Morgan fingerprint density at radius 1 is 1.03 bits per heavy atom. The first-order valence-corrected chi connectivity index (χ1v) is 10.5. The van der Waals surface area contributed by atoms with Crippen LogP contribution in [-0.2, 0) is 0 Å². The van der Waals surface area contributed by atoms with Crippen LogP contribution < -0.4 is 4.74 Å². The van der Waals surface area contributed by atoms with Gasteiger partial charge in [-0.25, -0.2) is 0 Å². The third-order valence-corrected chi connectivity index (χ3v) is 5.81. The molecule has 1 fully saturated rings. The first kappa shape index (κ1) is 20.1. The van der Waals surface area contributed by atoms with Crippen molar-refractivity contribution in [2.75, 3.05) is 20.2 Å². The van der Waals surface area contributed by atoms with E-state index in [0.717, 1.165) is 37.2 Å². The average Bonchev–Trinajstić information content (AvgIpc) is 3.19. The van der Waals surface area contributed by atoms with E-state index in [-0.39, 0.29) is 6.04 Å². The van der Waals surface area contributed by atoms with Gasteiger partial charge in [-0.15, -0.1) is 5.10 Å². The zero-order valence-corrected chi connectivity index (χ0v) is 18.0. The summed E-state index contributed by atoms with van der Waals surface area (Å²) in [6, 6.07) is 11.5. The highest BCUT2D eigenvalue weighted by atomic mass is 35.5. The van der Waals surface area contributed by atoms with Gasteiger partial charge in [0.25, 0.3) is 0 Å². The smallest absolute Gasteiger partial charge is 0.178 e. The molecule has 29 heavy (non-hydrogen) atoms. The number of hydrogen-bond donors (Lipinski definition) is 0. The quantitative estimate of drug-likeness (QED) is 0.576. The maximum Gasteiger partial charge on any atom is 0.178 e. The standard InChI is InChI=1S/C21H23Cl2N5O/c1-14-6-8-16(9-7-14)28-21(24-25-26-28)19(27-10-4-3-5-11-27)17-12-15(22)13-18(23)20(17)29-2/h6-9,12-13,19H,3-5,10-11H2,1-2H3. The van der Waals surface area contributed by atoms with E-state index < -0.39 is 0 Å². The SMILES string of the molecule is COc1c(Cl)cc(Cl)cc1C(c1nnnn1-c1ccc(C)cc1)N1CCCCC1. The number of halogens is 2. The first-order valence-electron chi connectivity index (χ1n) is 9.71. The second-order valence-corrected chi connectivity index (χ2v) is 8.14. The largest absolute Gasteiger partial charge is 0.495 e. The maximum absolute atomic E-state index is 6.47. The summed E-state index contributed by atoms with van der Waals surface area (Å²) in [5.74, 6) is 1.32. The topological polar surface area (TPSA) is 56.1 Å². The van der Waals surface area contributed by atoms with Gasteiger partial charge in [0, 0.05) is 10.6 Å². The molecule has 0 bridgehead atoms. The van der Waals surface area contributed by atoms with Gasteiger partial charge in [0.1, 0.15) is 11.8 Å². The molecule has 8 heteroatoms. The summed E-state index contributed by atoms with van der Waals surface area (Å²) in [5, 5.41) is 13.7. The Morgan fingerprint density at radius 2 is 1.76 bits per heavy atom. The molecule has 6 nitrogen and oxygen atoms in total. The Balaban J connectivity index is 1.88. The van der Waals surface area contributed by atoms with Crippen LogP contribution in [0.25, 0.3) is 5.69 Å². The first-order chi connectivity index (χ1) is 14.1. The highest BCUT2D eigenvalue weighted by Crippen LogP contribution is 2.41. The number of likely N-dealkylation sites (tertiary alicyclic amines) is 1. The molecule has 1 aromatic heterocycles. The van der Waals surface area contributed by atoms with Crippen LogP contribution in [0.3, 0.4) is 0 Å². The van der Waals surface area contributed by atoms with Crippen LogP contribution in [0.2, 0.25) is 10.0 Å². The molecule has 2 aromatic carbocycles. The van der Waals surface area contributed by atoms with Crippen molar-refractivity contribution in [2.24, 2.45) is 0 Å². The summed E-state index contributed by atoms with van der Waals surface area (Å²) in [4.78, 5) is 2.38. The lowest BCUT2D eigenvalue weighted by Gasteiger charge is -2.34. The lowest BCUT2D eigenvalue weighted by molar-refractivity contribution is 0.177. The summed E-state index contributed by atoms with van der Waals surface area (Å²) in [6.45, 7) is 3.94. The number of benzene rings is 2. The van der Waals surface area contributed by atoms with Crippen molar-refractivity contribution in [3.63, 3.8) is 0 Å². The molecule has 0 saturated carbocycles. The number of methoxy groups -OCH3 is 1. The Hall–Kier alpha value is -2.15. The van der Waals surface area contributed by atoms with Gasteiger partial charge >= 0.3 is 0 Å². The number of rotatable bonds is 5. The molecule has 1 aliphatic rings. The number of aromatic nitrogens is 4.